The van der Waals surface area contributed by atoms with Crippen LogP contribution in [-0.4, -0.2) is 44.3 Å². The van der Waals surface area contributed by atoms with Crippen LogP contribution in [0.1, 0.15) is 94.1 Å². The SMILES string of the molecule is CCC(C(=O)OC(O)I)C(C)(C)CC(C)(C)C(C(O)C=O)C(C)(C)CC(C)(C)C(C)[C@H](O)OCc1c2ccccc2cc2ccccc12. The van der Waals surface area contributed by atoms with Crippen LogP contribution in [0.25, 0.3) is 21.5 Å². The van der Waals surface area contributed by atoms with Crippen LogP contribution >= 0.6 is 22.6 Å². The first-order chi connectivity index (χ1) is 22.2. The number of benzene rings is 3. The van der Waals surface area contributed by atoms with E-state index in [4.69, 9.17) is 9.47 Å². The van der Waals surface area contributed by atoms with Gasteiger partial charge in [-0.05, 0) is 96.7 Å². The van der Waals surface area contributed by atoms with E-state index in [-0.39, 0.29) is 12.5 Å². The molecule has 3 rings (SSSR count). The summed E-state index contributed by atoms with van der Waals surface area (Å²) in [5.74, 6) is -1.71. The summed E-state index contributed by atoms with van der Waals surface area (Å²) in [5.41, 5.74) is -1.13. The zero-order valence-corrected chi connectivity index (χ0v) is 32.6. The first-order valence-electron chi connectivity index (χ1n) is 17.0. The molecule has 0 radical (unpaired) electrons. The maximum atomic E-state index is 12.9. The van der Waals surface area contributed by atoms with Gasteiger partial charge in [0.25, 0.3) is 4.30 Å². The van der Waals surface area contributed by atoms with Crippen molar-refractivity contribution in [3.8, 4) is 0 Å². The fraction of sp³-hybridized carbons (Fsp3) is 0.600. The highest BCUT2D eigenvalue weighted by Crippen LogP contribution is 2.55. The van der Waals surface area contributed by atoms with Crippen molar-refractivity contribution in [2.24, 2.45) is 39.4 Å². The summed E-state index contributed by atoms with van der Waals surface area (Å²) in [7, 11) is 0. The van der Waals surface area contributed by atoms with Crippen LogP contribution < -0.4 is 0 Å². The minimum absolute atomic E-state index is 0.247. The lowest BCUT2D eigenvalue weighted by Crippen LogP contribution is -2.50. The number of halogens is 1. The molecule has 8 heteroatoms. The number of carbonyl (C=O) groups excluding carboxylic acids is 2. The molecule has 0 saturated heterocycles. The zero-order chi connectivity index (χ0) is 36.2. The number of aliphatic hydroxyl groups excluding tert-OH is 3. The number of aldehydes is 1. The van der Waals surface area contributed by atoms with E-state index in [1.807, 2.05) is 65.8 Å². The number of hydrogen-bond donors (Lipinski definition) is 3. The number of aliphatic hydroxyl groups is 3. The third-order valence-corrected chi connectivity index (χ3v) is 11.0. The summed E-state index contributed by atoms with van der Waals surface area (Å²) >= 11 is 1.65. The minimum atomic E-state index is -1.24. The second kappa shape index (κ2) is 15.8. The molecular weight excluding hydrogens is 719 g/mol. The van der Waals surface area contributed by atoms with Gasteiger partial charge in [-0.2, -0.15) is 0 Å². The Hall–Kier alpha value is -2.11. The third kappa shape index (κ3) is 9.36. The molecule has 0 aliphatic rings. The van der Waals surface area contributed by atoms with E-state index in [0.29, 0.717) is 25.5 Å². The lowest BCUT2D eigenvalue weighted by Gasteiger charge is -2.52. The first-order valence-corrected chi connectivity index (χ1v) is 18.3. The highest BCUT2D eigenvalue weighted by molar-refractivity contribution is 14.1. The molecule has 266 valence electrons. The van der Waals surface area contributed by atoms with E-state index >= 15 is 0 Å². The molecule has 0 aliphatic carbocycles. The number of esters is 1. The van der Waals surface area contributed by atoms with Gasteiger partial charge in [-0.3, -0.25) is 4.79 Å². The number of carbonyl (C=O) groups is 2. The molecule has 0 heterocycles. The van der Waals surface area contributed by atoms with Gasteiger partial charge in [-0.25, -0.2) is 0 Å². The quantitative estimate of drug-likeness (QED) is 0.0314. The molecule has 0 amide bonds. The summed E-state index contributed by atoms with van der Waals surface area (Å²) in [4.78, 5) is 25.2. The smallest absolute Gasteiger partial charge is 0.312 e. The van der Waals surface area contributed by atoms with Gasteiger partial charge in [0.2, 0.25) is 0 Å². The molecule has 0 fully saturated rings. The average molecular weight is 777 g/mol. The summed E-state index contributed by atoms with van der Waals surface area (Å²) in [6.07, 6.45) is -0.0574. The van der Waals surface area contributed by atoms with Crippen molar-refractivity contribution >= 4 is 56.4 Å². The Labute approximate surface area is 300 Å². The van der Waals surface area contributed by atoms with E-state index in [0.717, 1.165) is 27.1 Å². The second-order valence-electron chi connectivity index (χ2n) is 16.4. The molecule has 0 bridgehead atoms. The van der Waals surface area contributed by atoms with E-state index in [1.165, 1.54) is 0 Å². The molecule has 3 aromatic rings. The highest BCUT2D eigenvalue weighted by Gasteiger charge is 2.51. The van der Waals surface area contributed by atoms with Gasteiger partial charge in [-0.1, -0.05) is 118 Å². The van der Waals surface area contributed by atoms with Gasteiger partial charge in [0.05, 0.1) is 12.5 Å². The van der Waals surface area contributed by atoms with E-state index in [2.05, 4.69) is 58.0 Å². The van der Waals surface area contributed by atoms with Gasteiger partial charge in [-0.15, -0.1) is 0 Å². The van der Waals surface area contributed by atoms with E-state index in [9.17, 15) is 24.9 Å². The fourth-order valence-electron chi connectivity index (χ4n) is 9.09. The van der Waals surface area contributed by atoms with E-state index < -0.39 is 56.2 Å². The van der Waals surface area contributed by atoms with Crippen molar-refractivity contribution in [2.45, 2.75) is 112 Å². The summed E-state index contributed by atoms with van der Waals surface area (Å²) < 4.78 is 10.2. The Balaban J connectivity index is 1.85. The molecule has 3 N–H and O–H groups in total. The topological polar surface area (TPSA) is 113 Å². The summed E-state index contributed by atoms with van der Waals surface area (Å²) in [6.45, 7) is 20.6. The summed E-state index contributed by atoms with van der Waals surface area (Å²) in [5, 5.41) is 36.9. The van der Waals surface area contributed by atoms with Crippen LogP contribution in [0.3, 0.4) is 0 Å². The molecule has 0 aromatic heterocycles. The molecule has 48 heavy (non-hydrogen) atoms. The highest BCUT2D eigenvalue weighted by atomic mass is 127. The van der Waals surface area contributed by atoms with Gasteiger partial charge in [0.1, 0.15) is 12.4 Å². The predicted octanol–water partition coefficient (Wildman–Crippen LogP) is 8.81. The Morgan fingerprint density at radius 1 is 0.812 bits per heavy atom. The Morgan fingerprint density at radius 3 is 1.75 bits per heavy atom. The Bertz CT molecular complexity index is 1490. The van der Waals surface area contributed by atoms with Gasteiger partial charge < -0.3 is 29.6 Å². The number of ether oxygens (including phenoxy) is 2. The standard InChI is InChI=1S/C40H57IO7/c1-11-31(35(45)48-36(41)46)38(5,6)24-40(9,10)33(32(43)21-42)39(7,8)23-37(3,4)25(2)34(44)47-22-30-28-18-14-12-16-26(28)20-27-17-13-15-19-29(27)30/h12-21,25,31-34,36,43-44,46H,11,22-24H2,1-10H3/t25?,31?,32?,33?,34-,36?/m1/s1. The molecule has 7 nitrogen and oxygen atoms in total. The molecule has 0 saturated carbocycles. The summed E-state index contributed by atoms with van der Waals surface area (Å²) in [6, 6.07) is 18.6. The van der Waals surface area contributed by atoms with Crippen molar-refractivity contribution in [3.63, 3.8) is 0 Å². The predicted molar refractivity (Wildman–Crippen MR) is 201 cm³/mol. The molecule has 0 aliphatic heterocycles. The largest absolute Gasteiger partial charge is 0.426 e. The zero-order valence-electron chi connectivity index (χ0n) is 30.4. The number of rotatable bonds is 17. The van der Waals surface area contributed by atoms with Gasteiger partial charge >= 0.3 is 5.97 Å². The van der Waals surface area contributed by atoms with Crippen molar-refractivity contribution in [1.82, 2.24) is 0 Å². The van der Waals surface area contributed by atoms with Crippen LogP contribution in [0.4, 0.5) is 0 Å². The normalized spacial score (nSPS) is 17.0. The van der Waals surface area contributed by atoms with Gasteiger partial charge in [0, 0.05) is 11.8 Å². The fourth-order valence-corrected chi connectivity index (χ4v) is 9.34. The van der Waals surface area contributed by atoms with Crippen molar-refractivity contribution in [1.29, 1.82) is 0 Å². The monoisotopic (exact) mass is 776 g/mol. The molecule has 5 unspecified atom stereocenters. The first kappa shape index (κ1) is 40.3. The Kier molecular flexibility index (Phi) is 13.3. The van der Waals surface area contributed by atoms with Crippen LogP contribution in [0.5, 0.6) is 0 Å². The number of alkyl halides is 1. The maximum absolute atomic E-state index is 12.9. The number of hydrogen-bond acceptors (Lipinski definition) is 7. The van der Waals surface area contributed by atoms with Gasteiger partial charge in [0.15, 0.2) is 6.29 Å². The molecular formula is C40H57IO7. The number of fused-ring (bicyclic) bond motifs is 2. The lowest BCUT2D eigenvalue weighted by atomic mass is 9.53. The maximum Gasteiger partial charge on any atom is 0.312 e. The van der Waals surface area contributed by atoms with Crippen LogP contribution in [-0.2, 0) is 25.7 Å². The lowest BCUT2D eigenvalue weighted by molar-refractivity contribution is -0.171. The molecule has 0 spiro atoms. The third-order valence-electron chi connectivity index (χ3n) is 10.8. The van der Waals surface area contributed by atoms with Crippen molar-refractivity contribution in [2.75, 3.05) is 0 Å². The van der Waals surface area contributed by atoms with Crippen LogP contribution in [0, 0.1) is 39.4 Å². The Morgan fingerprint density at radius 2 is 1.29 bits per heavy atom. The van der Waals surface area contributed by atoms with E-state index in [1.54, 1.807) is 22.6 Å². The van der Waals surface area contributed by atoms with Crippen LogP contribution in [0.2, 0.25) is 0 Å². The minimum Gasteiger partial charge on any atom is -0.426 e. The average Bonchev–Trinajstić information content (AvgIpc) is 2.96. The van der Waals surface area contributed by atoms with Crippen molar-refractivity contribution < 1.29 is 34.4 Å². The van der Waals surface area contributed by atoms with Crippen molar-refractivity contribution in [3.05, 3.63) is 60.2 Å². The second-order valence-corrected chi connectivity index (χ2v) is 17.5. The molecule has 3 aromatic carbocycles. The molecule has 6 atom stereocenters. The van der Waals surface area contributed by atoms with Crippen LogP contribution in [0.15, 0.2) is 54.6 Å².